The third-order valence-electron chi connectivity index (χ3n) is 2.83. The Morgan fingerprint density at radius 2 is 1.88 bits per heavy atom. The number of ether oxygens (including phenoxy) is 1. The van der Waals surface area contributed by atoms with Crippen LogP contribution >= 0.6 is 0 Å². The zero-order chi connectivity index (χ0) is 12.5. The summed E-state index contributed by atoms with van der Waals surface area (Å²) in [7, 11) is 0. The summed E-state index contributed by atoms with van der Waals surface area (Å²) in [5, 5.41) is 12.3. The molecule has 0 spiro atoms. The third-order valence-corrected chi connectivity index (χ3v) is 2.83. The molecule has 1 N–H and O–H groups in total. The second kappa shape index (κ2) is 4.38. The molecule has 2 aromatic rings. The topological polar surface area (TPSA) is 29.5 Å². The van der Waals surface area contributed by atoms with E-state index in [1.165, 1.54) is 0 Å². The van der Waals surface area contributed by atoms with E-state index in [1.54, 1.807) is 13.8 Å². The smallest absolute Gasteiger partial charge is 0.127 e. The van der Waals surface area contributed by atoms with Gasteiger partial charge in [0.15, 0.2) is 0 Å². The van der Waals surface area contributed by atoms with Gasteiger partial charge in [-0.05, 0) is 43.9 Å². The van der Waals surface area contributed by atoms with Crippen molar-refractivity contribution in [2.75, 3.05) is 6.61 Å². The van der Waals surface area contributed by atoms with Gasteiger partial charge in [-0.2, -0.15) is 0 Å². The molecule has 0 bridgehead atoms. The molecule has 2 nitrogen and oxygen atoms in total. The Bertz CT molecular complexity index is 524. The molecule has 0 radical (unpaired) electrons. The first-order valence-electron chi connectivity index (χ1n) is 5.91. The SMILES string of the molecule is CCOc1cc(C(C)(C)O)cc2ccccc12. The molecular formula is C15H18O2. The van der Waals surface area contributed by atoms with Crippen molar-refractivity contribution in [3.05, 3.63) is 42.0 Å². The van der Waals surface area contributed by atoms with Crippen molar-refractivity contribution in [2.45, 2.75) is 26.4 Å². The van der Waals surface area contributed by atoms with Crippen molar-refractivity contribution in [1.29, 1.82) is 0 Å². The van der Waals surface area contributed by atoms with E-state index in [0.29, 0.717) is 6.61 Å². The lowest BCUT2D eigenvalue weighted by Gasteiger charge is -2.20. The lowest BCUT2D eigenvalue weighted by Crippen LogP contribution is -2.15. The van der Waals surface area contributed by atoms with Gasteiger partial charge in [-0.25, -0.2) is 0 Å². The minimum Gasteiger partial charge on any atom is -0.493 e. The van der Waals surface area contributed by atoms with Crippen LogP contribution in [0.2, 0.25) is 0 Å². The Kier molecular flexibility index (Phi) is 3.07. The quantitative estimate of drug-likeness (QED) is 0.875. The van der Waals surface area contributed by atoms with Crippen LogP contribution in [0, 0.1) is 0 Å². The summed E-state index contributed by atoms with van der Waals surface area (Å²) in [6.45, 7) is 6.16. The van der Waals surface area contributed by atoms with Crippen molar-refractivity contribution in [2.24, 2.45) is 0 Å². The van der Waals surface area contributed by atoms with Gasteiger partial charge in [-0.15, -0.1) is 0 Å². The molecule has 0 amide bonds. The first-order chi connectivity index (χ1) is 8.02. The largest absolute Gasteiger partial charge is 0.493 e. The second-order valence-electron chi connectivity index (χ2n) is 4.69. The molecule has 0 atom stereocenters. The van der Waals surface area contributed by atoms with E-state index in [9.17, 15) is 5.11 Å². The van der Waals surface area contributed by atoms with E-state index in [2.05, 4.69) is 0 Å². The molecule has 0 aliphatic rings. The molecule has 0 fully saturated rings. The Morgan fingerprint density at radius 3 is 2.53 bits per heavy atom. The van der Waals surface area contributed by atoms with Crippen molar-refractivity contribution in [3.63, 3.8) is 0 Å². The van der Waals surface area contributed by atoms with Gasteiger partial charge in [0.1, 0.15) is 5.75 Å². The van der Waals surface area contributed by atoms with Crippen LogP contribution in [-0.2, 0) is 5.60 Å². The van der Waals surface area contributed by atoms with Crippen LogP contribution in [0.1, 0.15) is 26.3 Å². The Balaban J connectivity index is 2.67. The molecule has 0 aliphatic heterocycles. The molecule has 2 aromatic carbocycles. The normalized spacial score (nSPS) is 11.8. The number of fused-ring (bicyclic) bond motifs is 1. The molecule has 2 heteroatoms. The van der Waals surface area contributed by atoms with Crippen molar-refractivity contribution < 1.29 is 9.84 Å². The van der Waals surface area contributed by atoms with E-state index < -0.39 is 5.60 Å². The maximum absolute atomic E-state index is 10.1. The van der Waals surface area contributed by atoms with Gasteiger partial charge in [0.2, 0.25) is 0 Å². The average molecular weight is 230 g/mol. The third kappa shape index (κ3) is 2.42. The summed E-state index contributed by atoms with van der Waals surface area (Å²) in [6, 6.07) is 12.0. The van der Waals surface area contributed by atoms with Crippen LogP contribution in [0.15, 0.2) is 36.4 Å². The maximum Gasteiger partial charge on any atom is 0.127 e. The van der Waals surface area contributed by atoms with Crippen LogP contribution in [0.3, 0.4) is 0 Å². The van der Waals surface area contributed by atoms with E-state index >= 15 is 0 Å². The monoisotopic (exact) mass is 230 g/mol. The number of benzene rings is 2. The highest BCUT2D eigenvalue weighted by Crippen LogP contribution is 2.32. The summed E-state index contributed by atoms with van der Waals surface area (Å²) in [6.07, 6.45) is 0. The molecule has 0 saturated heterocycles. The van der Waals surface area contributed by atoms with E-state index in [0.717, 1.165) is 22.1 Å². The van der Waals surface area contributed by atoms with Gasteiger partial charge in [0, 0.05) is 5.39 Å². The Morgan fingerprint density at radius 1 is 1.18 bits per heavy atom. The van der Waals surface area contributed by atoms with Gasteiger partial charge in [-0.1, -0.05) is 24.3 Å². The van der Waals surface area contributed by atoms with Crippen LogP contribution < -0.4 is 4.74 Å². The fourth-order valence-corrected chi connectivity index (χ4v) is 1.90. The molecule has 0 saturated carbocycles. The lowest BCUT2D eigenvalue weighted by atomic mass is 9.95. The van der Waals surface area contributed by atoms with Crippen molar-refractivity contribution >= 4 is 10.8 Å². The van der Waals surface area contributed by atoms with Crippen molar-refractivity contribution in [1.82, 2.24) is 0 Å². The van der Waals surface area contributed by atoms with E-state index in [-0.39, 0.29) is 0 Å². The summed E-state index contributed by atoms with van der Waals surface area (Å²) in [5.74, 6) is 0.836. The van der Waals surface area contributed by atoms with Crippen LogP contribution in [0.5, 0.6) is 5.75 Å². The number of hydrogen-bond donors (Lipinski definition) is 1. The first-order valence-corrected chi connectivity index (χ1v) is 5.91. The van der Waals surface area contributed by atoms with Gasteiger partial charge >= 0.3 is 0 Å². The minimum absolute atomic E-state index is 0.624. The van der Waals surface area contributed by atoms with Crippen LogP contribution in [-0.4, -0.2) is 11.7 Å². The van der Waals surface area contributed by atoms with Gasteiger partial charge in [-0.3, -0.25) is 0 Å². The fourth-order valence-electron chi connectivity index (χ4n) is 1.90. The van der Waals surface area contributed by atoms with Crippen molar-refractivity contribution in [3.8, 4) is 5.75 Å². The summed E-state index contributed by atoms with van der Waals surface area (Å²) >= 11 is 0. The second-order valence-corrected chi connectivity index (χ2v) is 4.69. The Hall–Kier alpha value is -1.54. The van der Waals surface area contributed by atoms with Gasteiger partial charge in [0.05, 0.1) is 12.2 Å². The van der Waals surface area contributed by atoms with Crippen LogP contribution in [0.4, 0.5) is 0 Å². The molecule has 90 valence electrons. The van der Waals surface area contributed by atoms with Gasteiger partial charge < -0.3 is 9.84 Å². The highest BCUT2D eigenvalue weighted by molar-refractivity contribution is 5.89. The van der Waals surface area contributed by atoms with E-state index in [1.807, 2.05) is 43.3 Å². The summed E-state index contributed by atoms with van der Waals surface area (Å²) in [5.41, 5.74) is 0.0234. The first kappa shape index (κ1) is 11.9. The molecule has 0 unspecified atom stereocenters. The average Bonchev–Trinajstić information content (AvgIpc) is 2.28. The van der Waals surface area contributed by atoms with Crippen LogP contribution in [0.25, 0.3) is 10.8 Å². The highest BCUT2D eigenvalue weighted by Gasteiger charge is 2.18. The highest BCUT2D eigenvalue weighted by atomic mass is 16.5. The van der Waals surface area contributed by atoms with Gasteiger partial charge in [0.25, 0.3) is 0 Å². The summed E-state index contributed by atoms with van der Waals surface area (Å²) < 4.78 is 5.64. The molecular weight excluding hydrogens is 212 g/mol. The predicted octanol–water partition coefficient (Wildman–Crippen LogP) is 3.47. The molecule has 17 heavy (non-hydrogen) atoms. The van der Waals surface area contributed by atoms with E-state index in [4.69, 9.17) is 4.74 Å². The predicted molar refractivity (Wildman–Crippen MR) is 70.4 cm³/mol. The lowest BCUT2D eigenvalue weighted by molar-refractivity contribution is 0.0784. The maximum atomic E-state index is 10.1. The number of hydrogen-bond acceptors (Lipinski definition) is 2. The zero-order valence-electron chi connectivity index (χ0n) is 10.5. The minimum atomic E-state index is -0.851. The number of rotatable bonds is 3. The summed E-state index contributed by atoms with van der Waals surface area (Å²) in [4.78, 5) is 0. The molecule has 0 aliphatic carbocycles. The molecule has 2 rings (SSSR count). The Labute approximate surface area is 102 Å². The molecule has 0 heterocycles. The fraction of sp³-hybridized carbons (Fsp3) is 0.333. The zero-order valence-corrected chi connectivity index (χ0v) is 10.5. The number of aliphatic hydroxyl groups is 1. The molecule has 0 aromatic heterocycles. The standard InChI is InChI=1S/C15H18O2/c1-4-17-14-10-12(15(2,3)16)9-11-7-5-6-8-13(11)14/h5-10,16H,4H2,1-3H3.